The highest BCUT2D eigenvalue weighted by molar-refractivity contribution is 5.80. The van der Waals surface area contributed by atoms with Crippen molar-refractivity contribution in [1.82, 2.24) is 5.32 Å². The second kappa shape index (κ2) is 6.96. The summed E-state index contributed by atoms with van der Waals surface area (Å²) in [7, 11) is 0. The summed E-state index contributed by atoms with van der Waals surface area (Å²) in [5.41, 5.74) is 6.07. The van der Waals surface area contributed by atoms with Crippen molar-refractivity contribution in [2.24, 2.45) is 5.73 Å². The molecule has 1 rings (SSSR count). The zero-order chi connectivity index (χ0) is 13.5. The van der Waals surface area contributed by atoms with Gasteiger partial charge in [-0.05, 0) is 31.5 Å². The van der Waals surface area contributed by atoms with Crippen LogP contribution in [0, 0.1) is 12.7 Å². The van der Waals surface area contributed by atoms with Gasteiger partial charge in [-0.2, -0.15) is 0 Å². The number of amides is 1. The number of hydrogen-bond donors (Lipinski definition) is 2. The SMILES string of the molecule is CCCNC(COc1cc(F)ccc1C)C(N)=O. The van der Waals surface area contributed by atoms with Gasteiger partial charge in [0.05, 0.1) is 0 Å². The smallest absolute Gasteiger partial charge is 0.238 e. The summed E-state index contributed by atoms with van der Waals surface area (Å²) in [6.45, 7) is 4.58. The van der Waals surface area contributed by atoms with Crippen LogP contribution in [0.4, 0.5) is 4.39 Å². The van der Waals surface area contributed by atoms with Crippen LogP contribution in [-0.4, -0.2) is 25.1 Å². The van der Waals surface area contributed by atoms with Gasteiger partial charge in [0.25, 0.3) is 0 Å². The van der Waals surface area contributed by atoms with Crippen molar-refractivity contribution in [3.05, 3.63) is 29.6 Å². The van der Waals surface area contributed by atoms with Crippen LogP contribution in [0.5, 0.6) is 5.75 Å². The maximum Gasteiger partial charge on any atom is 0.238 e. The fourth-order valence-electron chi connectivity index (χ4n) is 1.46. The minimum Gasteiger partial charge on any atom is -0.491 e. The van der Waals surface area contributed by atoms with Gasteiger partial charge in [-0.1, -0.05) is 13.0 Å². The van der Waals surface area contributed by atoms with Crippen molar-refractivity contribution in [2.45, 2.75) is 26.3 Å². The molecule has 0 aromatic heterocycles. The molecular formula is C13H19FN2O2. The van der Waals surface area contributed by atoms with Crippen LogP contribution in [-0.2, 0) is 4.79 Å². The number of carbonyl (C=O) groups excluding carboxylic acids is 1. The van der Waals surface area contributed by atoms with Gasteiger partial charge in [-0.3, -0.25) is 4.79 Å². The molecule has 0 bridgehead atoms. The molecule has 0 heterocycles. The Balaban J connectivity index is 2.60. The van der Waals surface area contributed by atoms with E-state index in [2.05, 4.69) is 5.32 Å². The molecule has 0 saturated carbocycles. The van der Waals surface area contributed by atoms with Crippen LogP contribution in [0.3, 0.4) is 0 Å². The minimum atomic E-state index is -0.562. The molecule has 18 heavy (non-hydrogen) atoms. The van der Waals surface area contributed by atoms with Crippen molar-refractivity contribution >= 4 is 5.91 Å². The third-order valence-corrected chi connectivity index (χ3v) is 2.54. The van der Waals surface area contributed by atoms with E-state index in [1.165, 1.54) is 12.1 Å². The summed E-state index contributed by atoms with van der Waals surface area (Å²) in [5, 5.41) is 2.98. The largest absolute Gasteiger partial charge is 0.491 e. The number of hydrogen-bond acceptors (Lipinski definition) is 3. The van der Waals surface area contributed by atoms with Gasteiger partial charge in [0.1, 0.15) is 24.2 Å². The van der Waals surface area contributed by atoms with Crippen LogP contribution in [0.25, 0.3) is 0 Å². The number of halogens is 1. The first-order chi connectivity index (χ1) is 8.54. The zero-order valence-electron chi connectivity index (χ0n) is 10.7. The van der Waals surface area contributed by atoms with E-state index in [0.29, 0.717) is 12.3 Å². The first kappa shape index (κ1) is 14.4. The summed E-state index contributed by atoms with van der Waals surface area (Å²) in [4.78, 5) is 11.2. The highest BCUT2D eigenvalue weighted by Gasteiger charge is 2.15. The first-order valence-corrected chi connectivity index (χ1v) is 5.96. The summed E-state index contributed by atoms with van der Waals surface area (Å²) < 4.78 is 18.5. The number of primary amides is 1. The lowest BCUT2D eigenvalue weighted by molar-refractivity contribution is -0.120. The molecule has 0 radical (unpaired) electrons. The normalized spacial score (nSPS) is 12.2. The van der Waals surface area contributed by atoms with Crippen molar-refractivity contribution in [3.8, 4) is 5.75 Å². The van der Waals surface area contributed by atoms with Crippen molar-refractivity contribution in [2.75, 3.05) is 13.2 Å². The molecule has 1 aromatic carbocycles. The molecule has 0 aliphatic carbocycles. The van der Waals surface area contributed by atoms with Crippen LogP contribution in [0.2, 0.25) is 0 Å². The van der Waals surface area contributed by atoms with E-state index in [4.69, 9.17) is 10.5 Å². The van der Waals surface area contributed by atoms with E-state index in [0.717, 1.165) is 12.0 Å². The van der Waals surface area contributed by atoms with Gasteiger partial charge in [-0.15, -0.1) is 0 Å². The average Bonchev–Trinajstić information content (AvgIpc) is 2.33. The molecule has 0 fully saturated rings. The molecule has 0 spiro atoms. The maximum atomic E-state index is 13.0. The van der Waals surface area contributed by atoms with E-state index in [-0.39, 0.29) is 12.4 Å². The number of ether oxygens (including phenoxy) is 1. The van der Waals surface area contributed by atoms with Crippen LogP contribution in [0.15, 0.2) is 18.2 Å². The van der Waals surface area contributed by atoms with Crippen LogP contribution < -0.4 is 15.8 Å². The Kier molecular flexibility index (Phi) is 5.58. The van der Waals surface area contributed by atoms with E-state index in [9.17, 15) is 9.18 Å². The van der Waals surface area contributed by atoms with Crippen molar-refractivity contribution in [3.63, 3.8) is 0 Å². The molecule has 0 saturated heterocycles. The molecular weight excluding hydrogens is 235 g/mol. The highest BCUT2D eigenvalue weighted by Crippen LogP contribution is 2.18. The van der Waals surface area contributed by atoms with E-state index in [1.807, 2.05) is 13.8 Å². The Morgan fingerprint density at radius 3 is 2.89 bits per heavy atom. The molecule has 1 aromatic rings. The Bertz CT molecular complexity index is 410. The molecule has 0 aliphatic heterocycles. The summed E-state index contributed by atoms with van der Waals surface area (Å²) in [5.74, 6) is -0.412. The lowest BCUT2D eigenvalue weighted by Gasteiger charge is -2.16. The number of carbonyl (C=O) groups is 1. The van der Waals surface area contributed by atoms with E-state index in [1.54, 1.807) is 6.07 Å². The number of aryl methyl sites for hydroxylation is 1. The van der Waals surface area contributed by atoms with Crippen LogP contribution in [0.1, 0.15) is 18.9 Å². The highest BCUT2D eigenvalue weighted by atomic mass is 19.1. The fourth-order valence-corrected chi connectivity index (χ4v) is 1.46. The first-order valence-electron chi connectivity index (χ1n) is 5.96. The molecule has 1 amide bonds. The topological polar surface area (TPSA) is 64.3 Å². The van der Waals surface area contributed by atoms with Gasteiger partial charge in [0.15, 0.2) is 0 Å². The van der Waals surface area contributed by atoms with E-state index < -0.39 is 11.9 Å². The Labute approximate surface area is 106 Å². The van der Waals surface area contributed by atoms with Gasteiger partial charge in [0.2, 0.25) is 5.91 Å². The van der Waals surface area contributed by atoms with Gasteiger partial charge in [0, 0.05) is 6.07 Å². The van der Waals surface area contributed by atoms with Gasteiger partial charge >= 0.3 is 0 Å². The molecule has 100 valence electrons. The Morgan fingerprint density at radius 2 is 2.28 bits per heavy atom. The van der Waals surface area contributed by atoms with E-state index >= 15 is 0 Å². The fraction of sp³-hybridized carbons (Fsp3) is 0.462. The average molecular weight is 254 g/mol. The molecule has 3 N–H and O–H groups in total. The lowest BCUT2D eigenvalue weighted by atomic mass is 10.2. The van der Waals surface area contributed by atoms with Crippen molar-refractivity contribution < 1.29 is 13.9 Å². The summed E-state index contributed by atoms with van der Waals surface area (Å²) in [6.07, 6.45) is 0.892. The Morgan fingerprint density at radius 1 is 1.56 bits per heavy atom. The zero-order valence-corrected chi connectivity index (χ0v) is 10.7. The monoisotopic (exact) mass is 254 g/mol. The third kappa shape index (κ3) is 4.33. The predicted octanol–water partition coefficient (Wildman–Crippen LogP) is 1.37. The third-order valence-electron chi connectivity index (χ3n) is 2.54. The molecule has 5 heteroatoms. The number of benzene rings is 1. The molecule has 1 atom stereocenters. The lowest BCUT2D eigenvalue weighted by Crippen LogP contribution is -2.45. The number of nitrogens with one attached hydrogen (secondary N) is 1. The van der Waals surface area contributed by atoms with Crippen LogP contribution >= 0.6 is 0 Å². The number of nitrogens with two attached hydrogens (primary N) is 1. The molecule has 0 aliphatic rings. The van der Waals surface area contributed by atoms with Gasteiger partial charge < -0.3 is 15.8 Å². The molecule has 1 unspecified atom stereocenters. The standard InChI is InChI=1S/C13H19FN2O2/c1-3-6-16-11(13(15)17)8-18-12-7-10(14)5-4-9(12)2/h4-5,7,11,16H,3,6,8H2,1-2H3,(H2,15,17). The molecule has 4 nitrogen and oxygen atoms in total. The second-order valence-corrected chi connectivity index (χ2v) is 4.13. The quantitative estimate of drug-likeness (QED) is 0.772. The minimum absolute atomic E-state index is 0.0969. The Hall–Kier alpha value is -1.62. The summed E-state index contributed by atoms with van der Waals surface area (Å²) >= 11 is 0. The predicted molar refractivity (Wildman–Crippen MR) is 67.9 cm³/mol. The summed E-state index contributed by atoms with van der Waals surface area (Å²) in [6, 6.07) is 3.73. The van der Waals surface area contributed by atoms with Crippen molar-refractivity contribution in [1.29, 1.82) is 0 Å². The second-order valence-electron chi connectivity index (χ2n) is 4.13. The maximum absolute atomic E-state index is 13.0. The van der Waals surface area contributed by atoms with Gasteiger partial charge in [-0.25, -0.2) is 4.39 Å². The number of rotatable bonds is 7.